The minimum absolute atomic E-state index is 0.0804. The van der Waals surface area contributed by atoms with Crippen molar-refractivity contribution in [2.45, 2.75) is 36.1 Å². The van der Waals surface area contributed by atoms with Gasteiger partial charge in [0.1, 0.15) is 5.25 Å². The number of carbonyl (C=O) groups excluding carboxylic acids is 1. The third-order valence-corrected chi connectivity index (χ3v) is 6.30. The number of rotatable bonds is 5. The van der Waals surface area contributed by atoms with Gasteiger partial charge in [0.25, 0.3) is 0 Å². The highest BCUT2D eigenvalue weighted by atomic mass is 32.2. The second-order valence-corrected chi connectivity index (χ2v) is 8.38. The van der Waals surface area contributed by atoms with Crippen LogP contribution in [-0.2, 0) is 17.6 Å². The van der Waals surface area contributed by atoms with Crippen molar-refractivity contribution in [1.29, 1.82) is 0 Å². The van der Waals surface area contributed by atoms with E-state index in [9.17, 15) is 4.79 Å². The maximum Gasteiger partial charge on any atom is 0.240 e. The van der Waals surface area contributed by atoms with E-state index < -0.39 is 0 Å². The quantitative estimate of drug-likeness (QED) is 0.593. The van der Waals surface area contributed by atoms with E-state index in [1.165, 1.54) is 24.2 Å². The number of nitrogens with zero attached hydrogens (tertiary/aromatic N) is 3. The van der Waals surface area contributed by atoms with Crippen molar-refractivity contribution in [2.24, 2.45) is 0 Å². The Bertz CT molecular complexity index is 951. The molecule has 5 heteroatoms. The van der Waals surface area contributed by atoms with Crippen LogP contribution in [0.5, 0.6) is 0 Å². The Hall–Kier alpha value is -2.53. The summed E-state index contributed by atoms with van der Waals surface area (Å²) >= 11 is 1.55. The summed E-state index contributed by atoms with van der Waals surface area (Å²) in [5.41, 5.74) is 4.60. The number of imidazole rings is 1. The summed E-state index contributed by atoms with van der Waals surface area (Å²) in [7, 11) is 3.63. The minimum Gasteiger partial charge on any atom is -0.348 e. The van der Waals surface area contributed by atoms with Crippen molar-refractivity contribution >= 4 is 17.7 Å². The Labute approximate surface area is 170 Å². The maximum absolute atomic E-state index is 13.0. The lowest BCUT2D eigenvalue weighted by Gasteiger charge is -2.21. The summed E-state index contributed by atoms with van der Waals surface area (Å²) in [5, 5.41) is 0.588. The molecule has 4 nitrogen and oxygen atoms in total. The first-order valence-electron chi connectivity index (χ1n) is 9.74. The van der Waals surface area contributed by atoms with Gasteiger partial charge >= 0.3 is 0 Å². The highest BCUT2D eigenvalue weighted by Crippen LogP contribution is 2.39. The van der Waals surface area contributed by atoms with Crippen LogP contribution in [0, 0.1) is 0 Å². The molecular formula is C23H25N3OS. The Kier molecular flexibility index (Phi) is 5.53. The number of amides is 1. The zero-order valence-electron chi connectivity index (χ0n) is 16.3. The van der Waals surface area contributed by atoms with Gasteiger partial charge < -0.3 is 4.90 Å². The smallest absolute Gasteiger partial charge is 0.240 e. The van der Waals surface area contributed by atoms with Crippen LogP contribution < -0.4 is 0 Å². The number of benzene rings is 2. The van der Waals surface area contributed by atoms with E-state index in [0.717, 1.165) is 29.2 Å². The first kappa shape index (κ1) is 18.8. The number of para-hydroxylation sites is 1. The molecule has 0 radical (unpaired) electrons. The van der Waals surface area contributed by atoms with E-state index >= 15 is 0 Å². The number of carbonyl (C=O) groups is 1. The molecule has 0 saturated carbocycles. The molecule has 0 spiro atoms. The molecule has 0 N–H and O–H groups in total. The normalized spacial score (nSPS) is 14.4. The minimum atomic E-state index is -0.317. The van der Waals surface area contributed by atoms with E-state index in [-0.39, 0.29) is 11.2 Å². The number of likely N-dealkylation sites (N-methyl/N-ethyl adjacent to an activating group) is 1. The molecule has 0 fully saturated rings. The largest absolute Gasteiger partial charge is 0.348 e. The highest BCUT2D eigenvalue weighted by Gasteiger charge is 2.28. The molecule has 1 atom stereocenters. The molecule has 0 bridgehead atoms. The van der Waals surface area contributed by atoms with Gasteiger partial charge in [-0.15, -0.1) is 0 Å². The van der Waals surface area contributed by atoms with Gasteiger partial charge in [-0.3, -0.25) is 9.36 Å². The zero-order chi connectivity index (χ0) is 19.5. The molecule has 3 aromatic rings. The molecule has 0 aliphatic heterocycles. The third kappa shape index (κ3) is 3.72. The molecule has 0 saturated heterocycles. The Morgan fingerprint density at radius 2 is 1.64 bits per heavy atom. The van der Waals surface area contributed by atoms with Crippen LogP contribution in [0.3, 0.4) is 0 Å². The molecule has 144 valence electrons. The topological polar surface area (TPSA) is 38.1 Å². The lowest BCUT2D eigenvalue weighted by atomic mass is 10.0. The fraction of sp³-hybridized carbons (Fsp3) is 0.304. The van der Waals surface area contributed by atoms with Crippen LogP contribution in [0.4, 0.5) is 0 Å². The van der Waals surface area contributed by atoms with Gasteiger partial charge in [-0.05, 0) is 43.4 Å². The zero-order valence-corrected chi connectivity index (χ0v) is 17.2. The summed E-state index contributed by atoms with van der Waals surface area (Å²) < 4.78 is 2.26. The molecule has 1 amide bonds. The van der Waals surface area contributed by atoms with Crippen LogP contribution in [0.15, 0.2) is 65.8 Å². The summed E-state index contributed by atoms with van der Waals surface area (Å²) in [6.45, 7) is 0. The highest BCUT2D eigenvalue weighted by molar-refractivity contribution is 8.00. The van der Waals surface area contributed by atoms with Crippen molar-refractivity contribution in [3.8, 4) is 5.69 Å². The Morgan fingerprint density at radius 3 is 2.32 bits per heavy atom. The average molecular weight is 392 g/mol. The van der Waals surface area contributed by atoms with Crippen molar-refractivity contribution in [1.82, 2.24) is 14.5 Å². The van der Waals surface area contributed by atoms with Gasteiger partial charge in [-0.1, -0.05) is 60.3 Å². The third-order valence-electron chi connectivity index (χ3n) is 5.11. The van der Waals surface area contributed by atoms with E-state index in [1.807, 2.05) is 50.5 Å². The van der Waals surface area contributed by atoms with Gasteiger partial charge in [0, 0.05) is 25.5 Å². The predicted octanol–water partition coefficient (Wildman–Crippen LogP) is 4.67. The predicted molar refractivity (Wildman–Crippen MR) is 114 cm³/mol. The molecule has 1 aliphatic rings. The van der Waals surface area contributed by atoms with Gasteiger partial charge in [0.05, 0.1) is 5.69 Å². The van der Waals surface area contributed by atoms with Crippen molar-refractivity contribution in [3.05, 3.63) is 77.6 Å². The number of aromatic nitrogens is 2. The Morgan fingerprint density at radius 1 is 1.00 bits per heavy atom. The van der Waals surface area contributed by atoms with Gasteiger partial charge in [-0.25, -0.2) is 4.98 Å². The first-order chi connectivity index (χ1) is 13.6. The number of aryl methyl sites for hydroxylation is 1. The van der Waals surface area contributed by atoms with E-state index in [4.69, 9.17) is 4.98 Å². The second kappa shape index (κ2) is 8.23. The molecule has 0 unspecified atom stereocenters. The summed E-state index contributed by atoms with van der Waals surface area (Å²) in [6.07, 6.45) is 4.42. The summed E-state index contributed by atoms with van der Waals surface area (Å²) in [4.78, 5) is 19.7. The second-order valence-electron chi connectivity index (χ2n) is 7.31. The molecular weight excluding hydrogens is 366 g/mol. The number of fused-ring (bicyclic) bond motifs is 1. The van der Waals surface area contributed by atoms with Crippen LogP contribution in [0.25, 0.3) is 5.69 Å². The van der Waals surface area contributed by atoms with Gasteiger partial charge in [0.2, 0.25) is 5.91 Å². The standard InChI is InChI=1S/C23H25N3OS/c1-25(2)22(27)21(17-11-5-3-6-12-17)28-23-24-19-15-9-10-16-20(19)26(23)18-13-7-4-8-14-18/h3-8,11-14,21H,9-10,15-16H2,1-2H3/t21-/m1/s1. The van der Waals surface area contributed by atoms with E-state index in [0.29, 0.717) is 0 Å². The monoisotopic (exact) mass is 391 g/mol. The number of hydrogen-bond acceptors (Lipinski definition) is 3. The van der Waals surface area contributed by atoms with Crippen LogP contribution in [0.1, 0.15) is 35.0 Å². The van der Waals surface area contributed by atoms with Crippen LogP contribution in [-0.4, -0.2) is 34.5 Å². The molecule has 2 aromatic carbocycles. The maximum atomic E-state index is 13.0. The first-order valence-corrected chi connectivity index (χ1v) is 10.6. The van der Waals surface area contributed by atoms with Crippen molar-refractivity contribution < 1.29 is 4.79 Å². The molecule has 1 heterocycles. The van der Waals surface area contributed by atoms with Gasteiger partial charge in [0.15, 0.2) is 5.16 Å². The van der Waals surface area contributed by atoms with Gasteiger partial charge in [-0.2, -0.15) is 0 Å². The fourth-order valence-corrected chi connectivity index (χ4v) is 4.97. The SMILES string of the molecule is CN(C)C(=O)[C@H](Sc1nc2c(n1-c1ccccc1)CCCC2)c1ccccc1. The average Bonchev–Trinajstić information content (AvgIpc) is 3.10. The molecule has 28 heavy (non-hydrogen) atoms. The van der Waals surface area contributed by atoms with E-state index in [1.54, 1.807) is 16.7 Å². The van der Waals surface area contributed by atoms with Crippen molar-refractivity contribution in [2.75, 3.05) is 14.1 Å². The van der Waals surface area contributed by atoms with Crippen LogP contribution >= 0.6 is 11.8 Å². The molecule has 1 aromatic heterocycles. The summed E-state index contributed by atoms with van der Waals surface area (Å²) in [6, 6.07) is 20.4. The fourth-order valence-electron chi connectivity index (χ4n) is 3.67. The van der Waals surface area contributed by atoms with Crippen LogP contribution in [0.2, 0.25) is 0 Å². The lowest BCUT2D eigenvalue weighted by Crippen LogP contribution is -2.27. The van der Waals surface area contributed by atoms with E-state index in [2.05, 4.69) is 28.8 Å². The lowest BCUT2D eigenvalue weighted by molar-refractivity contribution is -0.128. The van der Waals surface area contributed by atoms with Crippen molar-refractivity contribution in [3.63, 3.8) is 0 Å². The molecule has 4 rings (SSSR count). The number of thioether (sulfide) groups is 1. The molecule has 1 aliphatic carbocycles. The summed E-state index contributed by atoms with van der Waals surface area (Å²) in [5.74, 6) is 0.0804. The Balaban J connectivity index is 1.79. The number of hydrogen-bond donors (Lipinski definition) is 0.